The van der Waals surface area contributed by atoms with Crippen molar-refractivity contribution in [1.29, 1.82) is 0 Å². The van der Waals surface area contributed by atoms with Gasteiger partial charge in [-0.15, -0.1) is 0 Å². The predicted molar refractivity (Wildman–Crippen MR) is 76.6 cm³/mol. The van der Waals surface area contributed by atoms with Crippen LogP contribution in [0.4, 0.5) is 10.2 Å². The summed E-state index contributed by atoms with van der Waals surface area (Å²) in [7, 11) is -3.17. The number of hydrogen-bond acceptors (Lipinski definition) is 5. The minimum atomic E-state index is -3.17. The minimum absolute atomic E-state index is 0.166. The van der Waals surface area contributed by atoms with Crippen LogP contribution in [0.2, 0.25) is 0 Å². The van der Waals surface area contributed by atoms with Crippen LogP contribution in [0.1, 0.15) is 26.0 Å². The van der Waals surface area contributed by atoms with E-state index in [-0.39, 0.29) is 5.82 Å². The van der Waals surface area contributed by atoms with Crippen molar-refractivity contribution in [2.75, 3.05) is 31.2 Å². The van der Waals surface area contributed by atoms with Crippen LogP contribution in [-0.2, 0) is 16.4 Å². The number of nitrogens with zero attached hydrogens (tertiary/aromatic N) is 3. The average molecular weight is 304 g/mol. The molecule has 0 fully saturated rings. The first-order valence-corrected chi connectivity index (χ1v) is 8.43. The maximum Gasteiger partial charge on any atom is 0.211 e. The first-order valence-electron chi connectivity index (χ1n) is 6.58. The Morgan fingerprint density at radius 1 is 1.35 bits per heavy atom. The summed E-state index contributed by atoms with van der Waals surface area (Å²) in [6.07, 6.45) is 3.58. The molecular weight excluding hydrogens is 283 g/mol. The lowest BCUT2D eigenvalue weighted by molar-refractivity contribution is 0.428. The van der Waals surface area contributed by atoms with Gasteiger partial charge in [0.15, 0.2) is 11.6 Å². The number of aromatic nitrogens is 2. The van der Waals surface area contributed by atoms with Gasteiger partial charge in [-0.2, -0.15) is 0 Å². The van der Waals surface area contributed by atoms with Crippen molar-refractivity contribution in [3.8, 4) is 0 Å². The van der Waals surface area contributed by atoms with Crippen LogP contribution in [0.3, 0.4) is 0 Å². The summed E-state index contributed by atoms with van der Waals surface area (Å²) in [4.78, 5) is 7.69. The van der Waals surface area contributed by atoms with Gasteiger partial charge in [0.25, 0.3) is 0 Å². The van der Waals surface area contributed by atoms with Gasteiger partial charge in [-0.25, -0.2) is 27.1 Å². The Balaban J connectivity index is 2.49. The van der Waals surface area contributed by atoms with Gasteiger partial charge in [-0.05, 0) is 12.8 Å². The fourth-order valence-corrected chi connectivity index (χ4v) is 2.73. The molecule has 0 amide bonds. The van der Waals surface area contributed by atoms with Crippen LogP contribution in [0.25, 0.3) is 0 Å². The molecule has 6 nitrogen and oxygen atoms in total. The summed E-state index contributed by atoms with van der Waals surface area (Å²) >= 11 is 0. The minimum Gasteiger partial charge on any atom is -0.367 e. The molecule has 0 aromatic carbocycles. The zero-order chi connectivity index (χ0) is 15.2. The molecule has 0 atom stereocenters. The van der Waals surface area contributed by atoms with Crippen molar-refractivity contribution in [3.05, 3.63) is 17.8 Å². The molecule has 1 rings (SSSR count). The molecule has 0 spiro atoms. The van der Waals surface area contributed by atoms with Crippen molar-refractivity contribution in [2.45, 2.75) is 26.7 Å². The molecule has 20 heavy (non-hydrogen) atoms. The first kappa shape index (κ1) is 16.8. The fraction of sp³-hybridized carbons (Fsp3) is 0.667. The summed E-state index contributed by atoms with van der Waals surface area (Å²) in [5.74, 6) is -0.273. The third kappa shape index (κ3) is 4.68. The van der Waals surface area contributed by atoms with E-state index in [1.807, 2.05) is 6.92 Å². The molecule has 0 aliphatic rings. The number of nitrogens with one attached hydrogen (secondary N) is 1. The normalized spacial score (nSPS) is 11.8. The molecule has 8 heteroatoms. The Hall–Kier alpha value is -1.28. The van der Waals surface area contributed by atoms with Gasteiger partial charge in [0.1, 0.15) is 6.33 Å². The maximum atomic E-state index is 13.8. The fourth-order valence-electron chi connectivity index (χ4n) is 1.80. The van der Waals surface area contributed by atoms with Gasteiger partial charge in [-0.1, -0.05) is 13.8 Å². The van der Waals surface area contributed by atoms with Gasteiger partial charge < -0.3 is 5.32 Å². The quantitative estimate of drug-likeness (QED) is 0.732. The van der Waals surface area contributed by atoms with Crippen molar-refractivity contribution < 1.29 is 12.8 Å². The highest BCUT2D eigenvalue weighted by Crippen LogP contribution is 2.13. The second-order valence-electron chi connectivity index (χ2n) is 4.37. The smallest absolute Gasteiger partial charge is 0.211 e. The van der Waals surface area contributed by atoms with E-state index in [0.717, 1.165) is 0 Å². The highest BCUT2D eigenvalue weighted by Gasteiger charge is 2.14. The highest BCUT2D eigenvalue weighted by atomic mass is 32.2. The molecule has 0 bridgehead atoms. The van der Waals surface area contributed by atoms with Crippen molar-refractivity contribution in [3.63, 3.8) is 0 Å². The Morgan fingerprint density at radius 2 is 2.05 bits per heavy atom. The lowest BCUT2D eigenvalue weighted by Crippen LogP contribution is -2.31. The van der Waals surface area contributed by atoms with E-state index in [1.54, 1.807) is 6.92 Å². The van der Waals surface area contributed by atoms with Gasteiger partial charge in [0, 0.05) is 19.6 Å². The Bertz CT molecular complexity index is 536. The largest absolute Gasteiger partial charge is 0.367 e. The Labute approximate surface area is 119 Å². The second-order valence-corrected chi connectivity index (χ2v) is 6.35. The van der Waals surface area contributed by atoms with E-state index in [0.29, 0.717) is 38.2 Å². The van der Waals surface area contributed by atoms with Gasteiger partial charge in [0.2, 0.25) is 10.0 Å². The molecule has 0 unspecified atom stereocenters. The lowest BCUT2D eigenvalue weighted by atomic mass is 10.3. The van der Waals surface area contributed by atoms with Crippen LogP contribution in [0.5, 0.6) is 0 Å². The molecule has 0 aliphatic heterocycles. The number of hydrogen-bond donors (Lipinski definition) is 1. The van der Waals surface area contributed by atoms with E-state index in [4.69, 9.17) is 0 Å². The highest BCUT2D eigenvalue weighted by molar-refractivity contribution is 7.88. The zero-order valence-corrected chi connectivity index (χ0v) is 12.9. The maximum absolute atomic E-state index is 13.8. The molecular formula is C12H21FN4O2S. The van der Waals surface area contributed by atoms with Gasteiger partial charge in [-0.3, -0.25) is 0 Å². The number of aryl methyl sites for hydroxylation is 1. The monoisotopic (exact) mass is 304 g/mol. The summed E-state index contributed by atoms with van der Waals surface area (Å²) in [6.45, 7) is 4.88. The van der Waals surface area contributed by atoms with Crippen LogP contribution in [0.15, 0.2) is 6.33 Å². The van der Waals surface area contributed by atoms with Crippen molar-refractivity contribution in [1.82, 2.24) is 14.3 Å². The molecule has 0 radical (unpaired) electrons. The summed E-state index contributed by atoms with van der Waals surface area (Å²) < 4.78 is 38.0. The molecule has 1 aromatic heterocycles. The molecule has 114 valence electrons. The molecule has 1 aromatic rings. The summed E-state index contributed by atoms with van der Waals surface area (Å²) in [5.41, 5.74) is 0.369. The number of anilines is 1. The SMILES string of the molecule is CCc1ncnc(NCCCN(CC)S(C)(=O)=O)c1F. The molecule has 0 saturated heterocycles. The molecule has 1 N–H and O–H groups in total. The second kappa shape index (κ2) is 7.49. The van der Waals surface area contributed by atoms with Crippen LogP contribution < -0.4 is 5.32 Å². The molecule has 1 heterocycles. The summed E-state index contributed by atoms with van der Waals surface area (Å²) in [5, 5.41) is 2.87. The van der Waals surface area contributed by atoms with Crippen LogP contribution in [-0.4, -0.2) is 48.6 Å². The van der Waals surface area contributed by atoms with Gasteiger partial charge >= 0.3 is 0 Å². The van der Waals surface area contributed by atoms with E-state index in [2.05, 4.69) is 15.3 Å². The Kier molecular flexibility index (Phi) is 6.28. The standard InChI is InChI=1S/C12H21FN4O2S/c1-4-10-11(13)12(16-9-15-10)14-7-6-8-17(5-2)20(3,18)19/h9H,4-8H2,1-3H3,(H,14,15,16). The van der Waals surface area contributed by atoms with Gasteiger partial charge in [0.05, 0.1) is 11.9 Å². The third-order valence-electron chi connectivity index (χ3n) is 2.90. The third-order valence-corrected chi connectivity index (χ3v) is 4.27. The van der Waals surface area contributed by atoms with E-state index < -0.39 is 15.8 Å². The predicted octanol–water partition coefficient (Wildman–Crippen LogP) is 1.26. The van der Waals surface area contributed by atoms with E-state index >= 15 is 0 Å². The zero-order valence-electron chi connectivity index (χ0n) is 12.1. The average Bonchev–Trinajstić information content (AvgIpc) is 2.39. The van der Waals surface area contributed by atoms with Crippen molar-refractivity contribution in [2.24, 2.45) is 0 Å². The first-order chi connectivity index (χ1) is 9.40. The summed E-state index contributed by atoms with van der Waals surface area (Å²) in [6, 6.07) is 0. The number of halogens is 1. The molecule has 0 aliphatic carbocycles. The van der Waals surface area contributed by atoms with Crippen LogP contribution in [0, 0.1) is 5.82 Å². The van der Waals surface area contributed by atoms with E-state index in [9.17, 15) is 12.8 Å². The number of rotatable bonds is 8. The van der Waals surface area contributed by atoms with Crippen molar-refractivity contribution >= 4 is 15.8 Å². The van der Waals surface area contributed by atoms with Crippen LogP contribution >= 0.6 is 0 Å². The number of sulfonamides is 1. The van der Waals surface area contributed by atoms with E-state index in [1.165, 1.54) is 16.9 Å². The topological polar surface area (TPSA) is 75.2 Å². The Morgan fingerprint density at radius 3 is 2.60 bits per heavy atom. The lowest BCUT2D eigenvalue weighted by Gasteiger charge is -2.17. The molecule has 0 saturated carbocycles.